The number of aromatic amines is 1. The number of hydrogen-bond donors (Lipinski definition) is 2. The van der Waals surface area contributed by atoms with Gasteiger partial charge in [0.05, 0.1) is 23.5 Å². The lowest BCUT2D eigenvalue weighted by atomic mass is 10.0. The predicted octanol–water partition coefficient (Wildman–Crippen LogP) is 3.01. The monoisotopic (exact) mass is 433 g/mol. The highest BCUT2D eigenvalue weighted by Gasteiger charge is 2.38. The number of alkyl halides is 3. The molecule has 3 aromatic rings. The van der Waals surface area contributed by atoms with Crippen LogP contribution in [0, 0.1) is 6.92 Å². The molecular weight excluding hydrogens is 415 g/mol. The summed E-state index contributed by atoms with van der Waals surface area (Å²) in [6.07, 6.45) is 2.73. The Morgan fingerprint density at radius 1 is 1.23 bits per heavy atom. The minimum absolute atomic E-state index is 0.0354. The maximum absolute atomic E-state index is 12.9. The molecule has 0 bridgehead atoms. The number of carbonyl (C=O) groups excluding carboxylic acids is 1. The highest BCUT2D eigenvalue weighted by molar-refractivity contribution is 6.03. The summed E-state index contributed by atoms with van der Waals surface area (Å²) in [5, 5.41) is 7.12. The zero-order chi connectivity index (χ0) is 22.6. The highest BCUT2D eigenvalue weighted by Crippen LogP contribution is 2.31. The van der Waals surface area contributed by atoms with E-state index in [1.807, 2.05) is 36.2 Å². The summed E-state index contributed by atoms with van der Waals surface area (Å²) in [6.45, 7) is 3.12. The number of amides is 1. The molecule has 4 rings (SSSR count). The standard InChI is InChI=1S/C18H17N5O.C2HF3O2/c1-12-10-21-16(22-12)5-9-23-11-15-17(18(23)24)14(4-8-20-15)13-2-6-19-7-3-13;3-2(4,5)1(6)7/h2-4,6-8,10H,5,9,11H2,1H3,(H,21,22);(H,6,7). The van der Waals surface area contributed by atoms with E-state index in [1.165, 1.54) is 0 Å². The van der Waals surface area contributed by atoms with Crippen molar-refractivity contribution in [1.82, 2.24) is 24.8 Å². The van der Waals surface area contributed by atoms with E-state index in [2.05, 4.69) is 19.9 Å². The first-order chi connectivity index (χ1) is 14.7. The Morgan fingerprint density at radius 2 is 1.90 bits per heavy atom. The molecule has 0 saturated heterocycles. The van der Waals surface area contributed by atoms with Crippen molar-refractivity contribution in [2.75, 3.05) is 6.54 Å². The third-order valence-corrected chi connectivity index (χ3v) is 4.48. The van der Waals surface area contributed by atoms with E-state index in [0.717, 1.165) is 28.3 Å². The molecule has 162 valence electrons. The first-order valence-electron chi connectivity index (χ1n) is 9.15. The fourth-order valence-corrected chi connectivity index (χ4v) is 3.06. The molecule has 0 aliphatic carbocycles. The average Bonchev–Trinajstić information content (AvgIpc) is 3.29. The Bertz CT molecular complexity index is 1080. The number of carboxylic acids is 1. The van der Waals surface area contributed by atoms with Gasteiger partial charge < -0.3 is 15.0 Å². The molecule has 0 spiro atoms. The number of halogens is 3. The minimum atomic E-state index is -5.08. The van der Waals surface area contributed by atoms with E-state index in [1.54, 1.807) is 18.6 Å². The summed E-state index contributed by atoms with van der Waals surface area (Å²) < 4.78 is 31.7. The molecule has 31 heavy (non-hydrogen) atoms. The molecule has 0 fully saturated rings. The van der Waals surface area contributed by atoms with Crippen molar-refractivity contribution in [3.8, 4) is 11.1 Å². The number of nitrogens with zero attached hydrogens (tertiary/aromatic N) is 4. The Balaban J connectivity index is 0.000000339. The maximum Gasteiger partial charge on any atom is 0.490 e. The third kappa shape index (κ3) is 5.24. The van der Waals surface area contributed by atoms with Gasteiger partial charge >= 0.3 is 12.1 Å². The van der Waals surface area contributed by atoms with E-state index in [-0.39, 0.29) is 5.91 Å². The number of H-pyrrole nitrogens is 1. The molecular formula is C20H18F3N5O3. The molecule has 0 unspecified atom stereocenters. The third-order valence-electron chi connectivity index (χ3n) is 4.48. The maximum atomic E-state index is 12.9. The number of nitrogens with one attached hydrogen (secondary N) is 1. The largest absolute Gasteiger partial charge is 0.490 e. The van der Waals surface area contributed by atoms with Crippen molar-refractivity contribution in [2.24, 2.45) is 0 Å². The molecule has 4 heterocycles. The smallest absolute Gasteiger partial charge is 0.475 e. The molecule has 0 radical (unpaired) electrons. The molecule has 1 amide bonds. The fourth-order valence-electron chi connectivity index (χ4n) is 3.06. The van der Waals surface area contributed by atoms with Crippen molar-refractivity contribution in [1.29, 1.82) is 0 Å². The second kappa shape index (κ2) is 8.94. The normalized spacial score (nSPS) is 12.9. The van der Waals surface area contributed by atoms with Gasteiger partial charge in [0.2, 0.25) is 0 Å². The molecule has 0 aromatic carbocycles. The molecule has 1 aliphatic rings. The van der Waals surface area contributed by atoms with E-state index in [4.69, 9.17) is 9.90 Å². The van der Waals surface area contributed by atoms with Crippen LogP contribution in [-0.2, 0) is 17.8 Å². The van der Waals surface area contributed by atoms with Gasteiger partial charge in [0.15, 0.2) is 0 Å². The van der Waals surface area contributed by atoms with Crippen molar-refractivity contribution < 1.29 is 27.9 Å². The van der Waals surface area contributed by atoms with Crippen LogP contribution < -0.4 is 0 Å². The van der Waals surface area contributed by atoms with Crippen molar-refractivity contribution >= 4 is 11.9 Å². The first kappa shape index (κ1) is 21.9. The summed E-state index contributed by atoms with van der Waals surface area (Å²) in [5.41, 5.74) is 4.41. The van der Waals surface area contributed by atoms with Crippen LogP contribution in [0.5, 0.6) is 0 Å². The summed E-state index contributed by atoms with van der Waals surface area (Å²) >= 11 is 0. The molecule has 3 aromatic heterocycles. The minimum Gasteiger partial charge on any atom is -0.475 e. The number of imidazole rings is 1. The van der Waals surface area contributed by atoms with E-state index >= 15 is 0 Å². The quantitative estimate of drug-likeness (QED) is 0.654. The van der Waals surface area contributed by atoms with Crippen LogP contribution in [0.15, 0.2) is 43.0 Å². The molecule has 2 N–H and O–H groups in total. The van der Waals surface area contributed by atoms with Crippen LogP contribution >= 0.6 is 0 Å². The van der Waals surface area contributed by atoms with E-state index in [9.17, 15) is 18.0 Å². The van der Waals surface area contributed by atoms with Gasteiger partial charge in [-0.3, -0.25) is 14.8 Å². The van der Waals surface area contributed by atoms with Gasteiger partial charge in [-0.05, 0) is 36.2 Å². The van der Waals surface area contributed by atoms with Crippen molar-refractivity contribution in [3.63, 3.8) is 0 Å². The second-order valence-electron chi connectivity index (χ2n) is 6.68. The van der Waals surface area contributed by atoms with Gasteiger partial charge in [0, 0.05) is 37.8 Å². The highest BCUT2D eigenvalue weighted by atomic mass is 19.4. The van der Waals surface area contributed by atoms with Gasteiger partial charge in [-0.2, -0.15) is 13.2 Å². The van der Waals surface area contributed by atoms with Gasteiger partial charge in [-0.15, -0.1) is 0 Å². The molecule has 0 atom stereocenters. The Kier molecular flexibility index (Phi) is 6.33. The number of aliphatic carboxylic acids is 1. The van der Waals surface area contributed by atoms with Crippen LogP contribution in [0.25, 0.3) is 11.1 Å². The molecule has 8 nitrogen and oxygen atoms in total. The first-order valence-corrected chi connectivity index (χ1v) is 9.15. The Labute approximate surface area is 174 Å². The van der Waals surface area contributed by atoms with Crippen LogP contribution in [0.2, 0.25) is 0 Å². The van der Waals surface area contributed by atoms with Gasteiger partial charge in [0.25, 0.3) is 5.91 Å². The zero-order valence-electron chi connectivity index (χ0n) is 16.3. The lowest BCUT2D eigenvalue weighted by Crippen LogP contribution is -2.26. The van der Waals surface area contributed by atoms with E-state index in [0.29, 0.717) is 25.1 Å². The van der Waals surface area contributed by atoms with Crippen LogP contribution in [0.1, 0.15) is 27.6 Å². The second-order valence-corrected chi connectivity index (χ2v) is 6.68. The number of aryl methyl sites for hydroxylation is 1. The number of fused-ring (bicyclic) bond motifs is 1. The van der Waals surface area contributed by atoms with Crippen LogP contribution in [-0.4, -0.2) is 54.5 Å². The number of hydrogen-bond acceptors (Lipinski definition) is 5. The molecule has 11 heteroatoms. The SMILES string of the molecule is Cc1c[nH]c(CCN2Cc3nccc(-c4ccncc4)c3C2=O)n1.O=C(O)C(F)(F)F. The summed E-state index contributed by atoms with van der Waals surface area (Å²) in [4.78, 5) is 39.6. The van der Waals surface area contributed by atoms with Crippen LogP contribution in [0.4, 0.5) is 13.2 Å². The Morgan fingerprint density at radius 3 is 2.48 bits per heavy atom. The number of rotatable bonds is 4. The molecule has 0 saturated carbocycles. The van der Waals surface area contributed by atoms with E-state index < -0.39 is 12.1 Å². The number of aromatic nitrogens is 4. The summed E-state index contributed by atoms with van der Waals surface area (Å²) in [7, 11) is 0. The predicted molar refractivity (Wildman–Crippen MR) is 103 cm³/mol. The molecule has 1 aliphatic heterocycles. The van der Waals surface area contributed by atoms with Crippen molar-refractivity contribution in [2.45, 2.75) is 26.1 Å². The van der Waals surface area contributed by atoms with Gasteiger partial charge in [0.1, 0.15) is 5.82 Å². The fraction of sp³-hybridized carbons (Fsp3) is 0.250. The topological polar surface area (TPSA) is 112 Å². The number of carboxylic acid groups (broad SMARTS) is 1. The Hall–Kier alpha value is -3.76. The van der Waals surface area contributed by atoms with Crippen LogP contribution in [0.3, 0.4) is 0 Å². The lowest BCUT2D eigenvalue weighted by Gasteiger charge is -2.14. The van der Waals surface area contributed by atoms with Gasteiger partial charge in [-0.1, -0.05) is 0 Å². The lowest BCUT2D eigenvalue weighted by molar-refractivity contribution is -0.192. The average molecular weight is 433 g/mol. The van der Waals surface area contributed by atoms with Gasteiger partial charge in [-0.25, -0.2) is 9.78 Å². The number of carbonyl (C=O) groups is 2. The van der Waals surface area contributed by atoms with Crippen molar-refractivity contribution in [3.05, 3.63) is 65.8 Å². The summed E-state index contributed by atoms with van der Waals surface area (Å²) in [6, 6.07) is 5.72. The zero-order valence-corrected chi connectivity index (χ0v) is 16.3. The summed E-state index contributed by atoms with van der Waals surface area (Å²) in [5.74, 6) is -1.82. The number of pyridine rings is 2.